The lowest BCUT2D eigenvalue weighted by atomic mass is 10.1. The number of anilines is 1. The van der Waals surface area contributed by atoms with Crippen LogP contribution in [0.15, 0.2) is 12.1 Å². The molecule has 1 fully saturated rings. The monoisotopic (exact) mass is 261 g/mol. The van der Waals surface area contributed by atoms with Crippen molar-refractivity contribution in [2.24, 2.45) is 0 Å². The molecule has 1 heterocycles. The molecule has 106 valence electrons. The predicted molar refractivity (Wildman–Crippen MR) is 81.7 cm³/mol. The minimum absolute atomic E-state index is 0.481. The molecule has 0 amide bonds. The van der Waals surface area contributed by atoms with Gasteiger partial charge < -0.3 is 10.2 Å². The average molecular weight is 261 g/mol. The fourth-order valence-electron chi connectivity index (χ4n) is 2.19. The first kappa shape index (κ1) is 14.3. The number of nitrogens with zero attached hydrogens (tertiary/aromatic N) is 2. The second kappa shape index (κ2) is 6.38. The van der Waals surface area contributed by atoms with E-state index in [0.29, 0.717) is 5.92 Å². The Morgan fingerprint density at radius 2 is 2.11 bits per heavy atom. The lowest BCUT2D eigenvalue weighted by molar-refractivity contribution is 0.683. The Labute approximate surface area is 117 Å². The molecule has 2 rings (SSSR count). The van der Waals surface area contributed by atoms with Crippen molar-refractivity contribution in [1.29, 1.82) is 0 Å². The average Bonchev–Trinajstić information content (AvgIpc) is 3.20. The van der Waals surface area contributed by atoms with Gasteiger partial charge in [-0.1, -0.05) is 20.8 Å². The summed E-state index contributed by atoms with van der Waals surface area (Å²) in [6.45, 7) is 8.66. The van der Waals surface area contributed by atoms with E-state index in [2.05, 4.69) is 50.2 Å². The number of aromatic nitrogens is 1. The van der Waals surface area contributed by atoms with Crippen molar-refractivity contribution in [2.75, 3.05) is 18.5 Å². The molecule has 0 radical (unpaired) electrons. The number of hydrogen-bond acceptors (Lipinski definition) is 3. The molecule has 1 aromatic heterocycles. The van der Waals surface area contributed by atoms with Crippen LogP contribution in [0.3, 0.4) is 0 Å². The third-order valence-corrected chi connectivity index (χ3v) is 3.61. The Morgan fingerprint density at radius 3 is 2.68 bits per heavy atom. The van der Waals surface area contributed by atoms with Crippen LogP contribution in [0.4, 0.5) is 5.82 Å². The lowest BCUT2D eigenvalue weighted by Gasteiger charge is -2.20. The van der Waals surface area contributed by atoms with E-state index in [1.165, 1.54) is 24.1 Å². The van der Waals surface area contributed by atoms with Gasteiger partial charge in [-0.15, -0.1) is 0 Å². The largest absolute Gasteiger partial charge is 0.360 e. The molecule has 1 aromatic rings. The van der Waals surface area contributed by atoms with Gasteiger partial charge in [-0.25, -0.2) is 4.98 Å². The number of nitrogens with one attached hydrogen (secondary N) is 1. The van der Waals surface area contributed by atoms with Crippen molar-refractivity contribution in [2.45, 2.75) is 58.5 Å². The molecule has 0 saturated heterocycles. The van der Waals surface area contributed by atoms with Crippen molar-refractivity contribution < 1.29 is 0 Å². The first-order valence-corrected chi connectivity index (χ1v) is 7.55. The van der Waals surface area contributed by atoms with E-state index in [4.69, 9.17) is 4.98 Å². The van der Waals surface area contributed by atoms with Crippen molar-refractivity contribution >= 4 is 5.82 Å². The van der Waals surface area contributed by atoms with Gasteiger partial charge in [0.2, 0.25) is 0 Å². The second-order valence-electron chi connectivity index (χ2n) is 5.99. The minimum Gasteiger partial charge on any atom is -0.360 e. The van der Waals surface area contributed by atoms with Crippen LogP contribution in [0.2, 0.25) is 0 Å². The van der Waals surface area contributed by atoms with Crippen LogP contribution in [-0.4, -0.2) is 24.6 Å². The predicted octanol–water partition coefficient (Wildman–Crippen LogP) is 3.30. The topological polar surface area (TPSA) is 28.2 Å². The Balaban J connectivity index is 2.15. The van der Waals surface area contributed by atoms with Crippen LogP contribution in [0, 0.1) is 0 Å². The van der Waals surface area contributed by atoms with E-state index in [1.807, 2.05) is 0 Å². The molecule has 1 aliphatic rings. The molecule has 0 spiro atoms. The summed E-state index contributed by atoms with van der Waals surface area (Å²) in [5.41, 5.74) is 2.57. The maximum Gasteiger partial charge on any atom is 0.128 e. The van der Waals surface area contributed by atoms with Gasteiger partial charge >= 0.3 is 0 Å². The number of hydrogen-bond donors (Lipinski definition) is 1. The molecule has 3 heteroatoms. The lowest BCUT2D eigenvalue weighted by Crippen LogP contribution is -2.21. The first-order chi connectivity index (χ1) is 9.10. The second-order valence-corrected chi connectivity index (χ2v) is 5.99. The Bertz CT molecular complexity index is 410. The summed E-state index contributed by atoms with van der Waals surface area (Å²) >= 11 is 0. The normalized spacial score (nSPS) is 15.0. The fourth-order valence-corrected chi connectivity index (χ4v) is 2.19. The highest BCUT2D eigenvalue weighted by Gasteiger charge is 2.20. The summed E-state index contributed by atoms with van der Waals surface area (Å²) in [6.07, 6.45) is 3.83. The van der Waals surface area contributed by atoms with Crippen LogP contribution in [0.25, 0.3) is 0 Å². The third kappa shape index (κ3) is 4.20. The van der Waals surface area contributed by atoms with Gasteiger partial charge in [0, 0.05) is 31.9 Å². The smallest absolute Gasteiger partial charge is 0.128 e. The molecule has 0 atom stereocenters. The fraction of sp³-hybridized carbons (Fsp3) is 0.688. The van der Waals surface area contributed by atoms with Gasteiger partial charge in [-0.3, -0.25) is 0 Å². The maximum atomic E-state index is 4.79. The van der Waals surface area contributed by atoms with Crippen molar-refractivity contribution in [1.82, 2.24) is 10.3 Å². The number of rotatable bonds is 7. The van der Waals surface area contributed by atoms with Gasteiger partial charge in [0.1, 0.15) is 5.82 Å². The van der Waals surface area contributed by atoms with Gasteiger partial charge in [-0.05, 0) is 42.9 Å². The summed E-state index contributed by atoms with van der Waals surface area (Å²) in [5, 5.41) is 3.59. The molecule has 0 unspecified atom stereocenters. The molecule has 0 aromatic carbocycles. The van der Waals surface area contributed by atoms with Crippen molar-refractivity contribution in [3.8, 4) is 0 Å². The molecular formula is C16H27N3. The van der Waals surface area contributed by atoms with Crippen LogP contribution < -0.4 is 10.2 Å². The standard InChI is InChI=1S/C16H27N3/c1-5-8-19(4)16-10-13(11-17-14-6-7-14)9-15(18-16)12(2)3/h9-10,12,14,17H,5-8,11H2,1-4H3. The Hall–Kier alpha value is -1.09. The van der Waals surface area contributed by atoms with Crippen LogP contribution in [-0.2, 0) is 6.54 Å². The molecule has 1 N–H and O–H groups in total. The summed E-state index contributed by atoms with van der Waals surface area (Å²) in [6, 6.07) is 5.24. The van der Waals surface area contributed by atoms with E-state index < -0.39 is 0 Å². The summed E-state index contributed by atoms with van der Waals surface area (Å²) < 4.78 is 0. The van der Waals surface area contributed by atoms with Gasteiger partial charge in [0.05, 0.1) is 0 Å². The Morgan fingerprint density at radius 1 is 1.37 bits per heavy atom. The highest BCUT2D eigenvalue weighted by molar-refractivity contribution is 5.42. The van der Waals surface area contributed by atoms with Crippen molar-refractivity contribution in [3.05, 3.63) is 23.4 Å². The SMILES string of the molecule is CCCN(C)c1cc(CNC2CC2)cc(C(C)C)n1. The highest BCUT2D eigenvalue weighted by atomic mass is 15.2. The molecule has 19 heavy (non-hydrogen) atoms. The maximum absolute atomic E-state index is 4.79. The summed E-state index contributed by atoms with van der Waals surface area (Å²) in [7, 11) is 2.13. The zero-order valence-electron chi connectivity index (χ0n) is 12.7. The van der Waals surface area contributed by atoms with E-state index in [1.54, 1.807) is 0 Å². The highest BCUT2D eigenvalue weighted by Crippen LogP contribution is 2.22. The zero-order chi connectivity index (χ0) is 13.8. The molecule has 1 aliphatic carbocycles. The molecule has 1 saturated carbocycles. The third-order valence-electron chi connectivity index (χ3n) is 3.61. The Kier molecular flexibility index (Phi) is 4.81. The van der Waals surface area contributed by atoms with Gasteiger partial charge in [0.25, 0.3) is 0 Å². The van der Waals surface area contributed by atoms with Gasteiger partial charge in [-0.2, -0.15) is 0 Å². The van der Waals surface area contributed by atoms with Crippen LogP contribution in [0.1, 0.15) is 57.2 Å². The van der Waals surface area contributed by atoms with E-state index in [-0.39, 0.29) is 0 Å². The van der Waals surface area contributed by atoms with Gasteiger partial charge in [0.15, 0.2) is 0 Å². The van der Waals surface area contributed by atoms with Crippen molar-refractivity contribution in [3.63, 3.8) is 0 Å². The molecule has 0 aliphatic heterocycles. The molecular weight excluding hydrogens is 234 g/mol. The molecule has 3 nitrogen and oxygen atoms in total. The van der Waals surface area contributed by atoms with E-state index in [9.17, 15) is 0 Å². The quantitative estimate of drug-likeness (QED) is 0.816. The first-order valence-electron chi connectivity index (χ1n) is 7.55. The number of pyridine rings is 1. The zero-order valence-corrected chi connectivity index (χ0v) is 12.7. The summed E-state index contributed by atoms with van der Waals surface area (Å²) in [5.74, 6) is 1.59. The van der Waals surface area contributed by atoms with Crippen LogP contribution >= 0.6 is 0 Å². The van der Waals surface area contributed by atoms with Crippen LogP contribution in [0.5, 0.6) is 0 Å². The summed E-state index contributed by atoms with van der Waals surface area (Å²) in [4.78, 5) is 7.05. The van der Waals surface area contributed by atoms with E-state index in [0.717, 1.165) is 31.4 Å². The van der Waals surface area contributed by atoms with E-state index >= 15 is 0 Å². The minimum atomic E-state index is 0.481. The molecule has 0 bridgehead atoms.